The van der Waals surface area contributed by atoms with Crippen LogP contribution in [-0.2, 0) is 17.6 Å². The van der Waals surface area contributed by atoms with E-state index < -0.39 is 0 Å². The zero-order chi connectivity index (χ0) is 20.2. The van der Waals surface area contributed by atoms with E-state index in [9.17, 15) is 4.79 Å². The van der Waals surface area contributed by atoms with E-state index in [2.05, 4.69) is 33.1 Å². The molecule has 1 aliphatic heterocycles. The van der Waals surface area contributed by atoms with Gasteiger partial charge in [-0.05, 0) is 30.5 Å². The molecule has 1 saturated heterocycles. The first kappa shape index (κ1) is 19.2. The van der Waals surface area contributed by atoms with Crippen molar-refractivity contribution < 1.29 is 9.53 Å². The van der Waals surface area contributed by atoms with Crippen molar-refractivity contribution in [2.45, 2.75) is 26.2 Å². The van der Waals surface area contributed by atoms with E-state index in [1.807, 2.05) is 33.6 Å². The van der Waals surface area contributed by atoms with Gasteiger partial charge in [-0.25, -0.2) is 0 Å². The highest BCUT2D eigenvalue weighted by molar-refractivity contribution is 5.76. The Bertz CT molecular complexity index is 977. The molecule has 1 amide bonds. The van der Waals surface area contributed by atoms with Crippen molar-refractivity contribution in [2.75, 3.05) is 38.2 Å². The fourth-order valence-electron chi connectivity index (χ4n) is 3.68. The van der Waals surface area contributed by atoms with Crippen molar-refractivity contribution in [3.63, 3.8) is 0 Å². The molecule has 8 heteroatoms. The molecule has 0 saturated carbocycles. The maximum atomic E-state index is 12.6. The fraction of sp³-hybridized carbons (Fsp3) is 0.429. The molecular formula is C21H26N6O2. The molecule has 0 radical (unpaired) electrons. The van der Waals surface area contributed by atoms with Gasteiger partial charge in [0, 0.05) is 44.4 Å². The van der Waals surface area contributed by atoms with Gasteiger partial charge >= 0.3 is 0 Å². The molecule has 1 aliphatic rings. The van der Waals surface area contributed by atoms with Crippen molar-refractivity contribution in [1.29, 1.82) is 0 Å². The second-order valence-corrected chi connectivity index (χ2v) is 7.18. The van der Waals surface area contributed by atoms with E-state index in [-0.39, 0.29) is 5.91 Å². The van der Waals surface area contributed by atoms with Gasteiger partial charge < -0.3 is 14.5 Å². The normalized spacial score (nSPS) is 14.4. The van der Waals surface area contributed by atoms with Gasteiger partial charge in [-0.2, -0.15) is 4.98 Å². The second-order valence-electron chi connectivity index (χ2n) is 7.18. The van der Waals surface area contributed by atoms with Crippen LogP contribution in [0.1, 0.15) is 24.6 Å². The van der Waals surface area contributed by atoms with Gasteiger partial charge in [-0.1, -0.05) is 19.1 Å². The standard InChI is InChI=1S/C21H26N6O2/c1-3-17-14-19(23-21-24-22-15-27(17)21)25-10-12-26(13-11-25)20(28)9-6-16-4-7-18(29-2)8-5-16/h4-5,7-8,14-15H,3,6,9-13H2,1-2H3. The Balaban J connectivity index is 1.33. The number of carbonyl (C=O) groups excluding carboxylic acids is 1. The Morgan fingerprint density at radius 3 is 2.59 bits per heavy atom. The lowest BCUT2D eigenvalue weighted by molar-refractivity contribution is -0.131. The topological polar surface area (TPSA) is 75.9 Å². The Hall–Kier alpha value is -3.16. The monoisotopic (exact) mass is 394 g/mol. The van der Waals surface area contributed by atoms with Gasteiger partial charge in [0.1, 0.15) is 17.9 Å². The van der Waals surface area contributed by atoms with Gasteiger partial charge in [0.25, 0.3) is 5.78 Å². The zero-order valence-corrected chi connectivity index (χ0v) is 16.9. The van der Waals surface area contributed by atoms with E-state index in [1.54, 1.807) is 13.4 Å². The molecule has 8 nitrogen and oxygen atoms in total. The quantitative estimate of drug-likeness (QED) is 0.636. The summed E-state index contributed by atoms with van der Waals surface area (Å²) in [5, 5.41) is 8.05. The van der Waals surface area contributed by atoms with Crippen molar-refractivity contribution in [3.8, 4) is 5.75 Å². The van der Waals surface area contributed by atoms with Crippen molar-refractivity contribution >= 4 is 17.5 Å². The maximum Gasteiger partial charge on any atom is 0.256 e. The number of aromatic nitrogens is 4. The molecule has 4 rings (SSSR count). The number of carbonyl (C=O) groups is 1. The fourth-order valence-corrected chi connectivity index (χ4v) is 3.68. The van der Waals surface area contributed by atoms with Crippen LogP contribution in [0.5, 0.6) is 5.75 Å². The number of aryl methyl sites for hydroxylation is 2. The third-order valence-electron chi connectivity index (χ3n) is 5.45. The molecule has 152 valence electrons. The molecule has 3 aromatic rings. The van der Waals surface area contributed by atoms with Crippen LogP contribution in [0.25, 0.3) is 5.78 Å². The first-order valence-electron chi connectivity index (χ1n) is 10.0. The summed E-state index contributed by atoms with van der Waals surface area (Å²) in [6.07, 6.45) is 3.85. The first-order chi connectivity index (χ1) is 14.2. The lowest BCUT2D eigenvalue weighted by Crippen LogP contribution is -2.49. The SMILES string of the molecule is CCc1cc(N2CCN(C(=O)CCc3ccc(OC)cc3)CC2)nc2nncn12. The number of nitrogens with zero attached hydrogens (tertiary/aromatic N) is 6. The van der Waals surface area contributed by atoms with Gasteiger partial charge in [-0.15, -0.1) is 10.2 Å². The third kappa shape index (κ3) is 4.16. The van der Waals surface area contributed by atoms with Gasteiger partial charge in [-0.3, -0.25) is 9.20 Å². The van der Waals surface area contributed by atoms with Gasteiger partial charge in [0.2, 0.25) is 5.91 Å². The summed E-state index contributed by atoms with van der Waals surface area (Å²) in [4.78, 5) is 21.4. The van der Waals surface area contributed by atoms with Crippen LogP contribution in [-0.4, -0.2) is 63.7 Å². The summed E-state index contributed by atoms with van der Waals surface area (Å²) in [7, 11) is 1.65. The van der Waals surface area contributed by atoms with Crippen LogP contribution in [0.3, 0.4) is 0 Å². The molecule has 0 aliphatic carbocycles. The number of piperazine rings is 1. The van der Waals surface area contributed by atoms with E-state index in [4.69, 9.17) is 4.74 Å². The minimum Gasteiger partial charge on any atom is -0.497 e. The summed E-state index contributed by atoms with van der Waals surface area (Å²) in [6, 6.07) is 9.99. The van der Waals surface area contributed by atoms with E-state index in [0.717, 1.165) is 48.8 Å². The van der Waals surface area contributed by atoms with Crippen LogP contribution >= 0.6 is 0 Å². The summed E-state index contributed by atoms with van der Waals surface area (Å²) in [5.41, 5.74) is 2.28. The van der Waals surface area contributed by atoms with Crippen LogP contribution < -0.4 is 9.64 Å². The summed E-state index contributed by atoms with van der Waals surface area (Å²) < 4.78 is 7.10. The van der Waals surface area contributed by atoms with Crippen LogP contribution in [0, 0.1) is 0 Å². The highest BCUT2D eigenvalue weighted by Gasteiger charge is 2.22. The smallest absolute Gasteiger partial charge is 0.256 e. The molecule has 2 aromatic heterocycles. The molecular weight excluding hydrogens is 368 g/mol. The number of fused-ring (bicyclic) bond motifs is 1. The number of rotatable bonds is 6. The Morgan fingerprint density at radius 1 is 1.14 bits per heavy atom. The number of methoxy groups -OCH3 is 1. The molecule has 0 bridgehead atoms. The van der Waals surface area contributed by atoms with Crippen LogP contribution in [0.15, 0.2) is 36.7 Å². The molecule has 1 fully saturated rings. The van der Waals surface area contributed by atoms with Crippen molar-refractivity contribution in [3.05, 3.63) is 47.9 Å². The summed E-state index contributed by atoms with van der Waals surface area (Å²) >= 11 is 0. The van der Waals surface area contributed by atoms with E-state index >= 15 is 0 Å². The highest BCUT2D eigenvalue weighted by atomic mass is 16.5. The van der Waals surface area contributed by atoms with Crippen molar-refractivity contribution in [2.24, 2.45) is 0 Å². The second kappa shape index (κ2) is 8.46. The summed E-state index contributed by atoms with van der Waals surface area (Å²) in [6.45, 7) is 5.08. The number of ether oxygens (including phenoxy) is 1. The first-order valence-corrected chi connectivity index (χ1v) is 10.0. The molecule has 3 heterocycles. The minimum absolute atomic E-state index is 0.204. The predicted octanol–water partition coefficient (Wildman–Crippen LogP) is 1.98. The Labute approximate surface area is 170 Å². The van der Waals surface area contributed by atoms with Gasteiger partial charge in [0.15, 0.2) is 0 Å². The molecule has 0 unspecified atom stereocenters. The Morgan fingerprint density at radius 2 is 1.90 bits per heavy atom. The minimum atomic E-state index is 0.204. The highest BCUT2D eigenvalue weighted by Crippen LogP contribution is 2.18. The molecule has 1 aromatic carbocycles. The van der Waals surface area contributed by atoms with Crippen molar-refractivity contribution in [1.82, 2.24) is 24.5 Å². The summed E-state index contributed by atoms with van der Waals surface area (Å²) in [5.74, 6) is 2.57. The average molecular weight is 394 g/mol. The van der Waals surface area contributed by atoms with E-state index in [1.165, 1.54) is 0 Å². The number of hydrogen-bond acceptors (Lipinski definition) is 6. The third-order valence-corrected chi connectivity index (χ3v) is 5.45. The van der Waals surface area contributed by atoms with Gasteiger partial charge in [0.05, 0.1) is 7.11 Å². The molecule has 0 atom stereocenters. The molecule has 29 heavy (non-hydrogen) atoms. The lowest BCUT2D eigenvalue weighted by atomic mass is 10.1. The number of benzene rings is 1. The van der Waals surface area contributed by atoms with Crippen LogP contribution in [0.4, 0.5) is 5.82 Å². The average Bonchev–Trinajstić information content (AvgIpc) is 3.26. The largest absolute Gasteiger partial charge is 0.497 e. The number of anilines is 1. The number of hydrogen-bond donors (Lipinski definition) is 0. The van der Waals surface area contributed by atoms with Crippen LogP contribution in [0.2, 0.25) is 0 Å². The zero-order valence-electron chi connectivity index (χ0n) is 16.9. The molecule has 0 spiro atoms. The number of amides is 1. The predicted molar refractivity (Wildman–Crippen MR) is 110 cm³/mol. The Kier molecular flexibility index (Phi) is 5.59. The maximum absolute atomic E-state index is 12.6. The lowest BCUT2D eigenvalue weighted by Gasteiger charge is -2.35. The van der Waals surface area contributed by atoms with E-state index in [0.29, 0.717) is 25.3 Å². The molecule has 0 N–H and O–H groups in total.